The van der Waals surface area contributed by atoms with Gasteiger partial charge >= 0.3 is 0 Å². The van der Waals surface area contributed by atoms with Gasteiger partial charge in [-0.3, -0.25) is 4.79 Å². The van der Waals surface area contributed by atoms with Gasteiger partial charge in [0.25, 0.3) is 5.91 Å². The molecule has 0 radical (unpaired) electrons. The highest BCUT2D eigenvalue weighted by Gasteiger charge is 2.25. The molecule has 3 rings (SSSR count). The quantitative estimate of drug-likeness (QED) is 0.772. The van der Waals surface area contributed by atoms with E-state index >= 15 is 0 Å². The number of benzene rings is 1. The molecule has 1 aromatic carbocycles. The molecule has 0 spiro atoms. The molecule has 1 aliphatic rings. The zero-order chi connectivity index (χ0) is 18.7. The van der Waals surface area contributed by atoms with Crippen LogP contribution in [-0.2, 0) is 13.0 Å². The van der Waals surface area contributed by atoms with Gasteiger partial charge in [-0.15, -0.1) is 0 Å². The Hall–Kier alpha value is -2.17. The Bertz CT molecular complexity index is 778. The second-order valence-corrected chi connectivity index (χ2v) is 7.23. The summed E-state index contributed by atoms with van der Waals surface area (Å²) in [6, 6.07) is 5.37. The van der Waals surface area contributed by atoms with Crippen LogP contribution in [0.3, 0.4) is 0 Å². The van der Waals surface area contributed by atoms with Crippen LogP contribution in [0.2, 0.25) is 0 Å². The summed E-state index contributed by atoms with van der Waals surface area (Å²) < 4.78 is 15.6. The lowest BCUT2D eigenvalue weighted by molar-refractivity contribution is 0.0750. The Labute approximate surface area is 155 Å². The molecule has 0 saturated carbocycles. The molecule has 1 unspecified atom stereocenters. The molecule has 1 aromatic heterocycles. The van der Waals surface area contributed by atoms with Crippen LogP contribution >= 0.6 is 0 Å². The second-order valence-electron chi connectivity index (χ2n) is 7.23. The van der Waals surface area contributed by atoms with Crippen LogP contribution in [0.25, 0.3) is 0 Å². The summed E-state index contributed by atoms with van der Waals surface area (Å²) in [4.78, 5) is 19.3. The summed E-state index contributed by atoms with van der Waals surface area (Å²) in [6.45, 7) is 8.31. The fourth-order valence-electron chi connectivity index (χ4n) is 3.76. The molecule has 1 aliphatic heterocycles. The maximum absolute atomic E-state index is 13.5. The average Bonchev–Trinajstić information content (AvgIpc) is 3.06. The van der Waals surface area contributed by atoms with Crippen LogP contribution in [0, 0.1) is 12.7 Å². The fourth-order valence-corrected chi connectivity index (χ4v) is 3.76. The van der Waals surface area contributed by atoms with Gasteiger partial charge in [0, 0.05) is 38.2 Å². The van der Waals surface area contributed by atoms with E-state index < -0.39 is 0 Å². The molecule has 2 aromatic rings. The minimum absolute atomic E-state index is 0.0322. The third kappa shape index (κ3) is 3.81. The summed E-state index contributed by atoms with van der Waals surface area (Å²) in [5, 5.41) is 0. The van der Waals surface area contributed by atoms with Crippen molar-refractivity contribution in [3.05, 3.63) is 52.9 Å². The standard InChI is InChI=1S/C21H28FN3O/c1-4-10-24(11-5-2)21(26)19-14-25-13-17(7-9-20(25)23-19)16-6-8-18(22)15(3)12-16/h6,8,12,14,17H,4-5,7,9-11,13H2,1-3H3. The Morgan fingerprint density at radius 1 is 1.31 bits per heavy atom. The first-order valence-corrected chi connectivity index (χ1v) is 9.64. The third-order valence-electron chi connectivity index (χ3n) is 5.14. The smallest absolute Gasteiger partial charge is 0.274 e. The van der Waals surface area contributed by atoms with Gasteiger partial charge in [-0.25, -0.2) is 9.37 Å². The minimum atomic E-state index is -0.160. The van der Waals surface area contributed by atoms with Crippen molar-refractivity contribution in [2.24, 2.45) is 0 Å². The summed E-state index contributed by atoms with van der Waals surface area (Å²) in [5.74, 6) is 1.19. The van der Waals surface area contributed by atoms with Crippen molar-refractivity contribution in [2.45, 2.75) is 58.9 Å². The van der Waals surface area contributed by atoms with Crippen LogP contribution in [0.1, 0.15) is 66.5 Å². The lowest BCUT2D eigenvalue weighted by atomic mass is 9.90. The number of aromatic nitrogens is 2. The van der Waals surface area contributed by atoms with Crippen LogP contribution < -0.4 is 0 Å². The van der Waals surface area contributed by atoms with Gasteiger partial charge in [0.15, 0.2) is 0 Å². The topological polar surface area (TPSA) is 38.1 Å². The molecule has 0 aliphatic carbocycles. The van der Waals surface area contributed by atoms with Crippen molar-refractivity contribution in [3.8, 4) is 0 Å². The maximum Gasteiger partial charge on any atom is 0.274 e. The lowest BCUT2D eigenvalue weighted by Crippen LogP contribution is -2.32. The monoisotopic (exact) mass is 357 g/mol. The molecule has 1 atom stereocenters. The molecule has 0 bridgehead atoms. The number of aryl methyl sites for hydroxylation is 2. The Kier molecular flexibility index (Phi) is 5.74. The summed E-state index contributed by atoms with van der Waals surface area (Å²) in [5.41, 5.74) is 2.40. The fraction of sp³-hybridized carbons (Fsp3) is 0.524. The summed E-state index contributed by atoms with van der Waals surface area (Å²) in [7, 11) is 0. The van der Waals surface area contributed by atoms with Gasteiger partial charge in [-0.1, -0.05) is 26.0 Å². The summed E-state index contributed by atoms with van der Waals surface area (Å²) in [6.07, 6.45) is 5.62. The van der Waals surface area contributed by atoms with Crippen molar-refractivity contribution in [1.82, 2.24) is 14.5 Å². The van der Waals surface area contributed by atoms with Gasteiger partial charge in [-0.05, 0) is 43.4 Å². The van der Waals surface area contributed by atoms with E-state index in [1.807, 2.05) is 23.2 Å². The predicted octanol–water partition coefficient (Wildman–Crippen LogP) is 4.32. The number of hydrogen-bond acceptors (Lipinski definition) is 2. The van der Waals surface area contributed by atoms with Gasteiger partial charge in [0.2, 0.25) is 0 Å². The van der Waals surface area contributed by atoms with Crippen LogP contribution in [0.15, 0.2) is 24.4 Å². The van der Waals surface area contributed by atoms with Gasteiger partial charge < -0.3 is 9.47 Å². The molecular formula is C21H28FN3O. The number of hydrogen-bond donors (Lipinski definition) is 0. The molecule has 0 fully saturated rings. The molecule has 5 heteroatoms. The Morgan fingerprint density at radius 3 is 2.69 bits per heavy atom. The number of nitrogens with zero attached hydrogens (tertiary/aromatic N) is 3. The number of imidazole rings is 1. The van der Waals surface area contributed by atoms with E-state index in [2.05, 4.69) is 23.4 Å². The molecule has 0 saturated heterocycles. The normalized spacial score (nSPS) is 16.4. The molecule has 2 heterocycles. The first-order chi connectivity index (χ1) is 12.5. The van der Waals surface area contributed by atoms with E-state index in [1.165, 1.54) is 0 Å². The van der Waals surface area contributed by atoms with Crippen LogP contribution in [-0.4, -0.2) is 33.4 Å². The number of amides is 1. The number of rotatable bonds is 6. The van der Waals surface area contributed by atoms with E-state index in [0.29, 0.717) is 17.2 Å². The van der Waals surface area contributed by atoms with Crippen molar-refractivity contribution < 1.29 is 9.18 Å². The maximum atomic E-state index is 13.5. The molecular weight excluding hydrogens is 329 g/mol. The zero-order valence-electron chi connectivity index (χ0n) is 16.0. The predicted molar refractivity (Wildman–Crippen MR) is 101 cm³/mol. The van der Waals surface area contributed by atoms with E-state index in [1.54, 1.807) is 13.0 Å². The van der Waals surface area contributed by atoms with Crippen LogP contribution in [0.4, 0.5) is 4.39 Å². The molecule has 1 amide bonds. The van der Waals surface area contributed by atoms with E-state index in [9.17, 15) is 9.18 Å². The highest BCUT2D eigenvalue weighted by atomic mass is 19.1. The van der Waals surface area contributed by atoms with Crippen molar-refractivity contribution in [2.75, 3.05) is 13.1 Å². The first-order valence-electron chi connectivity index (χ1n) is 9.64. The van der Waals surface area contributed by atoms with Gasteiger partial charge in [0.1, 0.15) is 17.3 Å². The van der Waals surface area contributed by atoms with Gasteiger partial charge in [0.05, 0.1) is 0 Å². The van der Waals surface area contributed by atoms with E-state index in [-0.39, 0.29) is 11.7 Å². The largest absolute Gasteiger partial charge is 0.337 e. The van der Waals surface area contributed by atoms with Gasteiger partial charge in [-0.2, -0.15) is 0 Å². The Balaban J connectivity index is 1.78. The highest BCUT2D eigenvalue weighted by molar-refractivity contribution is 5.92. The SMILES string of the molecule is CCCN(CCC)C(=O)c1cn2c(n1)CCC(c1ccc(F)c(C)c1)C2. The zero-order valence-corrected chi connectivity index (χ0v) is 16.0. The molecule has 4 nitrogen and oxygen atoms in total. The molecule has 140 valence electrons. The second kappa shape index (κ2) is 8.02. The minimum Gasteiger partial charge on any atom is -0.337 e. The molecule has 26 heavy (non-hydrogen) atoms. The highest BCUT2D eigenvalue weighted by Crippen LogP contribution is 2.30. The van der Waals surface area contributed by atoms with Crippen molar-refractivity contribution in [3.63, 3.8) is 0 Å². The van der Waals surface area contributed by atoms with Crippen LogP contribution in [0.5, 0.6) is 0 Å². The lowest BCUT2D eigenvalue weighted by Gasteiger charge is -2.24. The summed E-state index contributed by atoms with van der Waals surface area (Å²) >= 11 is 0. The number of carbonyl (C=O) groups excluding carboxylic acids is 1. The van der Waals surface area contributed by atoms with Crippen molar-refractivity contribution in [1.29, 1.82) is 0 Å². The number of carbonyl (C=O) groups is 1. The third-order valence-corrected chi connectivity index (χ3v) is 5.14. The average molecular weight is 357 g/mol. The van der Waals surface area contributed by atoms with E-state index in [4.69, 9.17) is 0 Å². The Morgan fingerprint density at radius 2 is 2.04 bits per heavy atom. The van der Waals surface area contributed by atoms with E-state index in [0.717, 1.165) is 56.7 Å². The number of halogens is 1. The number of fused-ring (bicyclic) bond motifs is 1. The van der Waals surface area contributed by atoms with Crippen molar-refractivity contribution >= 4 is 5.91 Å². The molecule has 0 N–H and O–H groups in total. The first kappa shape index (κ1) is 18.6.